The molecule has 0 unspecified atom stereocenters. The Kier molecular flexibility index (Phi) is 7.44. The number of hydrogen-bond acceptors (Lipinski definition) is 4. The van der Waals surface area contributed by atoms with Crippen LogP contribution in [0.2, 0.25) is 5.02 Å². The number of sulfonamides is 1. The molecule has 2 aromatic carbocycles. The zero-order valence-electron chi connectivity index (χ0n) is 14.4. The Bertz CT molecular complexity index is 856. The first-order valence-corrected chi connectivity index (χ1v) is 10.0. The fourth-order valence-corrected chi connectivity index (χ4v) is 3.54. The van der Waals surface area contributed by atoms with Gasteiger partial charge in [-0.05, 0) is 43.7 Å². The minimum atomic E-state index is -3.86. The highest BCUT2D eigenvalue weighted by Gasteiger charge is 2.17. The molecule has 6 nitrogen and oxygen atoms in total. The number of amides is 1. The lowest BCUT2D eigenvalue weighted by Crippen LogP contribution is -2.25. The van der Waals surface area contributed by atoms with E-state index >= 15 is 0 Å². The van der Waals surface area contributed by atoms with Gasteiger partial charge in [-0.3, -0.25) is 9.52 Å². The third-order valence-electron chi connectivity index (χ3n) is 3.48. The number of hydrogen-bond donors (Lipinski definition) is 2. The third-order valence-corrected chi connectivity index (χ3v) is 5.17. The Hall–Kier alpha value is -2.09. The average molecular weight is 397 g/mol. The first kappa shape index (κ1) is 20.2. The van der Waals surface area contributed by atoms with Crippen LogP contribution in [-0.4, -0.2) is 34.1 Å². The molecule has 8 heteroatoms. The third kappa shape index (κ3) is 5.72. The van der Waals surface area contributed by atoms with E-state index < -0.39 is 10.0 Å². The summed E-state index contributed by atoms with van der Waals surface area (Å²) in [4.78, 5) is 12.2. The summed E-state index contributed by atoms with van der Waals surface area (Å²) in [5, 5.41) is 3.03. The summed E-state index contributed by atoms with van der Waals surface area (Å²) in [6.45, 7) is 3.55. The van der Waals surface area contributed by atoms with Gasteiger partial charge in [0.05, 0.1) is 15.6 Å². The quantitative estimate of drug-likeness (QED) is 0.637. The average Bonchev–Trinajstić information content (AvgIpc) is 2.63. The summed E-state index contributed by atoms with van der Waals surface area (Å²) in [6.07, 6.45) is 0.686. The molecule has 0 aliphatic heterocycles. The SMILES string of the molecule is CCOCCCNC(=O)c1cccc(S(=O)(=O)Nc2ccccc2Cl)c1. The van der Waals surface area contributed by atoms with E-state index in [2.05, 4.69) is 10.0 Å². The van der Waals surface area contributed by atoms with Crippen LogP contribution in [0.15, 0.2) is 53.4 Å². The number of carbonyl (C=O) groups excluding carboxylic acids is 1. The highest BCUT2D eigenvalue weighted by molar-refractivity contribution is 7.92. The Morgan fingerprint density at radius 1 is 1.15 bits per heavy atom. The lowest BCUT2D eigenvalue weighted by molar-refractivity contribution is 0.0944. The van der Waals surface area contributed by atoms with Crippen molar-refractivity contribution in [3.8, 4) is 0 Å². The van der Waals surface area contributed by atoms with E-state index in [1.165, 1.54) is 18.2 Å². The van der Waals surface area contributed by atoms with E-state index in [0.717, 1.165) is 0 Å². The molecule has 140 valence electrons. The Morgan fingerprint density at radius 3 is 2.65 bits per heavy atom. The molecule has 2 aromatic rings. The molecule has 0 atom stereocenters. The minimum Gasteiger partial charge on any atom is -0.382 e. The van der Waals surface area contributed by atoms with Crippen LogP contribution >= 0.6 is 11.6 Å². The molecule has 0 aromatic heterocycles. The molecule has 0 aliphatic carbocycles. The van der Waals surface area contributed by atoms with Crippen molar-refractivity contribution in [2.75, 3.05) is 24.5 Å². The lowest BCUT2D eigenvalue weighted by Gasteiger charge is -2.11. The van der Waals surface area contributed by atoms with Gasteiger partial charge in [0.2, 0.25) is 0 Å². The van der Waals surface area contributed by atoms with Gasteiger partial charge >= 0.3 is 0 Å². The first-order chi connectivity index (χ1) is 12.4. The van der Waals surface area contributed by atoms with Crippen LogP contribution in [0.25, 0.3) is 0 Å². The van der Waals surface area contributed by atoms with Gasteiger partial charge < -0.3 is 10.1 Å². The van der Waals surface area contributed by atoms with Gasteiger partial charge in [0.1, 0.15) is 0 Å². The van der Waals surface area contributed by atoms with Crippen molar-refractivity contribution in [2.24, 2.45) is 0 Å². The van der Waals surface area contributed by atoms with Crippen LogP contribution < -0.4 is 10.0 Å². The molecule has 0 heterocycles. The first-order valence-electron chi connectivity index (χ1n) is 8.17. The number of halogens is 1. The smallest absolute Gasteiger partial charge is 0.261 e. The molecule has 0 bridgehead atoms. The molecule has 0 fully saturated rings. The van der Waals surface area contributed by atoms with Crippen molar-refractivity contribution in [3.05, 3.63) is 59.1 Å². The van der Waals surface area contributed by atoms with Gasteiger partial charge in [-0.2, -0.15) is 0 Å². The molecule has 2 rings (SSSR count). The molecule has 2 N–H and O–H groups in total. The second-order valence-corrected chi connectivity index (χ2v) is 7.51. The molecular weight excluding hydrogens is 376 g/mol. The number of rotatable bonds is 9. The summed E-state index contributed by atoms with van der Waals surface area (Å²) in [5.41, 5.74) is 0.545. The summed E-state index contributed by atoms with van der Waals surface area (Å²) in [6, 6.07) is 12.4. The maximum atomic E-state index is 12.5. The van der Waals surface area contributed by atoms with Gasteiger partial charge in [0.15, 0.2) is 0 Å². The number of benzene rings is 2. The second kappa shape index (κ2) is 9.56. The van der Waals surface area contributed by atoms with Crippen molar-refractivity contribution >= 4 is 33.2 Å². The van der Waals surface area contributed by atoms with E-state index in [1.54, 1.807) is 30.3 Å². The molecule has 0 radical (unpaired) electrons. The predicted molar refractivity (Wildman–Crippen MR) is 102 cm³/mol. The van der Waals surface area contributed by atoms with Gasteiger partial charge in [-0.1, -0.05) is 29.8 Å². The normalized spacial score (nSPS) is 11.2. The zero-order valence-corrected chi connectivity index (χ0v) is 15.9. The summed E-state index contributed by atoms with van der Waals surface area (Å²) >= 11 is 5.99. The fraction of sp³-hybridized carbons (Fsp3) is 0.278. The molecule has 0 saturated heterocycles. The molecule has 0 saturated carbocycles. The van der Waals surface area contributed by atoms with Crippen molar-refractivity contribution in [1.29, 1.82) is 0 Å². The van der Waals surface area contributed by atoms with E-state index in [9.17, 15) is 13.2 Å². The van der Waals surface area contributed by atoms with Gasteiger partial charge in [-0.25, -0.2) is 8.42 Å². The number of ether oxygens (including phenoxy) is 1. The van der Waals surface area contributed by atoms with Crippen LogP contribution in [0.3, 0.4) is 0 Å². The lowest BCUT2D eigenvalue weighted by atomic mass is 10.2. The van der Waals surface area contributed by atoms with Crippen LogP contribution in [0.5, 0.6) is 0 Å². The summed E-state index contributed by atoms with van der Waals surface area (Å²) < 4.78 is 32.7. The summed E-state index contributed by atoms with van der Waals surface area (Å²) in [7, 11) is -3.86. The molecular formula is C18H21ClN2O4S. The Morgan fingerprint density at radius 2 is 1.92 bits per heavy atom. The maximum absolute atomic E-state index is 12.5. The van der Waals surface area contributed by atoms with Crippen molar-refractivity contribution in [3.63, 3.8) is 0 Å². The fourth-order valence-electron chi connectivity index (χ4n) is 2.17. The maximum Gasteiger partial charge on any atom is 0.261 e. The van der Waals surface area contributed by atoms with E-state index in [1.807, 2.05) is 6.92 Å². The highest BCUT2D eigenvalue weighted by Crippen LogP contribution is 2.24. The monoisotopic (exact) mass is 396 g/mol. The topological polar surface area (TPSA) is 84.5 Å². The number of para-hydroxylation sites is 1. The van der Waals surface area contributed by atoms with Crippen molar-refractivity contribution in [1.82, 2.24) is 5.32 Å². The minimum absolute atomic E-state index is 0.0145. The van der Waals surface area contributed by atoms with Crippen molar-refractivity contribution in [2.45, 2.75) is 18.2 Å². The van der Waals surface area contributed by atoms with Crippen LogP contribution in [-0.2, 0) is 14.8 Å². The van der Waals surface area contributed by atoms with Crippen LogP contribution in [0, 0.1) is 0 Å². The number of anilines is 1. The largest absolute Gasteiger partial charge is 0.382 e. The van der Waals surface area contributed by atoms with E-state index in [4.69, 9.17) is 16.3 Å². The van der Waals surface area contributed by atoms with Crippen LogP contribution in [0.4, 0.5) is 5.69 Å². The number of carbonyl (C=O) groups is 1. The standard InChI is InChI=1S/C18H21ClN2O4S/c1-2-25-12-6-11-20-18(22)14-7-5-8-15(13-14)26(23,24)21-17-10-4-3-9-16(17)19/h3-5,7-10,13,21H,2,6,11-12H2,1H3,(H,20,22). The molecule has 0 aliphatic rings. The predicted octanol–water partition coefficient (Wildman–Crippen LogP) is 3.30. The Balaban J connectivity index is 2.07. The van der Waals surface area contributed by atoms with Crippen LogP contribution in [0.1, 0.15) is 23.7 Å². The number of nitrogens with one attached hydrogen (secondary N) is 2. The zero-order chi connectivity index (χ0) is 19.0. The van der Waals surface area contributed by atoms with Gasteiger partial charge in [-0.15, -0.1) is 0 Å². The Labute approximate surface area is 158 Å². The van der Waals surface area contributed by atoms with Gasteiger partial charge in [0, 0.05) is 25.3 Å². The molecule has 0 spiro atoms. The highest BCUT2D eigenvalue weighted by atomic mass is 35.5. The molecule has 1 amide bonds. The van der Waals surface area contributed by atoms with Gasteiger partial charge in [0.25, 0.3) is 15.9 Å². The molecule has 26 heavy (non-hydrogen) atoms. The summed E-state index contributed by atoms with van der Waals surface area (Å²) in [5.74, 6) is -0.337. The van der Waals surface area contributed by atoms with E-state index in [-0.39, 0.29) is 22.1 Å². The second-order valence-electron chi connectivity index (χ2n) is 5.42. The van der Waals surface area contributed by atoms with E-state index in [0.29, 0.717) is 31.2 Å². The van der Waals surface area contributed by atoms with Crippen molar-refractivity contribution < 1.29 is 17.9 Å².